The quantitative estimate of drug-likeness (QED) is 0.742. The van der Waals surface area contributed by atoms with Gasteiger partial charge in [0.1, 0.15) is 0 Å². The molecule has 92 valence electrons. The molecule has 1 aliphatic heterocycles. The van der Waals surface area contributed by atoms with Gasteiger partial charge in [-0.2, -0.15) is 0 Å². The first-order valence-corrected chi connectivity index (χ1v) is 5.85. The molecule has 0 aromatic carbocycles. The van der Waals surface area contributed by atoms with Crippen molar-refractivity contribution in [3.8, 4) is 0 Å². The zero-order chi connectivity index (χ0) is 12.4. The van der Waals surface area contributed by atoms with Gasteiger partial charge in [-0.1, -0.05) is 0 Å². The van der Waals surface area contributed by atoms with Crippen molar-refractivity contribution in [2.45, 2.75) is 58.1 Å². The van der Waals surface area contributed by atoms with Gasteiger partial charge in [0.15, 0.2) is 0 Å². The van der Waals surface area contributed by atoms with E-state index < -0.39 is 0 Å². The van der Waals surface area contributed by atoms with Gasteiger partial charge in [0.25, 0.3) is 0 Å². The van der Waals surface area contributed by atoms with Gasteiger partial charge >= 0.3 is 7.12 Å². The lowest BCUT2D eigenvalue weighted by Crippen LogP contribution is -2.41. The first-order chi connectivity index (χ1) is 7.28. The van der Waals surface area contributed by atoms with Crippen LogP contribution in [0.5, 0.6) is 0 Å². The highest BCUT2D eigenvalue weighted by molar-refractivity contribution is 6.45. The minimum atomic E-state index is -0.273. The summed E-state index contributed by atoms with van der Waals surface area (Å²) >= 11 is 0. The van der Waals surface area contributed by atoms with Gasteiger partial charge in [0, 0.05) is 13.5 Å². The van der Waals surface area contributed by atoms with Crippen LogP contribution in [0.15, 0.2) is 0 Å². The third kappa shape index (κ3) is 2.98. The van der Waals surface area contributed by atoms with Gasteiger partial charge in [-0.05, 0) is 40.4 Å². The average molecular weight is 227 g/mol. The lowest BCUT2D eigenvalue weighted by atomic mass is 9.82. The zero-order valence-corrected chi connectivity index (χ0v) is 10.9. The molecule has 0 radical (unpaired) electrons. The van der Waals surface area contributed by atoms with E-state index in [4.69, 9.17) is 9.31 Å². The smallest absolute Gasteiger partial charge is 0.403 e. The topological polar surface area (TPSA) is 47.6 Å². The summed E-state index contributed by atoms with van der Waals surface area (Å²) in [5.74, 6) is 0.0662. The summed E-state index contributed by atoms with van der Waals surface area (Å²) in [7, 11) is 1.46. The van der Waals surface area contributed by atoms with Crippen LogP contribution in [-0.2, 0) is 14.1 Å². The van der Waals surface area contributed by atoms with Gasteiger partial charge in [-0.3, -0.25) is 4.79 Å². The Kier molecular flexibility index (Phi) is 4.02. The van der Waals surface area contributed by atoms with Crippen molar-refractivity contribution < 1.29 is 14.1 Å². The van der Waals surface area contributed by atoms with Crippen LogP contribution in [-0.4, -0.2) is 31.3 Å². The largest absolute Gasteiger partial charge is 0.457 e. The van der Waals surface area contributed by atoms with E-state index in [1.54, 1.807) is 7.05 Å². The van der Waals surface area contributed by atoms with E-state index in [0.29, 0.717) is 6.42 Å². The molecule has 0 aromatic heterocycles. The molecule has 4 nitrogen and oxygen atoms in total. The van der Waals surface area contributed by atoms with Crippen molar-refractivity contribution in [1.82, 2.24) is 5.32 Å². The highest BCUT2D eigenvalue weighted by Crippen LogP contribution is 2.37. The second-order valence-corrected chi connectivity index (χ2v) is 5.25. The average Bonchev–Trinajstić information content (AvgIpc) is 2.35. The van der Waals surface area contributed by atoms with Crippen LogP contribution in [0.4, 0.5) is 0 Å². The Labute approximate surface area is 98.2 Å². The molecule has 0 spiro atoms. The molecule has 16 heavy (non-hydrogen) atoms. The van der Waals surface area contributed by atoms with Crippen LogP contribution in [0.1, 0.15) is 40.5 Å². The van der Waals surface area contributed by atoms with E-state index >= 15 is 0 Å². The van der Waals surface area contributed by atoms with Crippen molar-refractivity contribution >= 4 is 13.0 Å². The fourth-order valence-corrected chi connectivity index (χ4v) is 1.64. The number of carbonyl (C=O) groups is 1. The second-order valence-electron chi connectivity index (χ2n) is 5.25. The summed E-state index contributed by atoms with van der Waals surface area (Å²) in [6, 6.07) is 0. The lowest BCUT2D eigenvalue weighted by Gasteiger charge is -2.32. The van der Waals surface area contributed by atoms with Gasteiger partial charge in [0.2, 0.25) is 5.91 Å². The van der Waals surface area contributed by atoms with Crippen LogP contribution in [0.25, 0.3) is 0 Å². The SMILES string of the molecule is CNC(=O)CCCB1OC(C)(C)C(C)(C)O1. The molecular weight excluding hydrogens is 205 g/mol. The number of hydrogen-bond acceptors (Lipinski definition) is 3. The molecule has 1 N–H and O–H groups in total. The summed E-state index contributed by atoms with van der Waals surface area (Å²) in [6.45, 7) is 8.13. The summed E-state index contributed by atoms with van der Waals surface area (Å²) in [5.41, 5.74) is -0.546. The number of amides is 1. The molecule has 0 aliphatic carbocycles. The maximum Gasteiger partial charge on any atom is 0.457 e. The number of carbonyl (C=O) groups excluding carboxylic acids is 1. The van der Waals surface area contributed by atoms with Gasteiger partial charge in [-0.25, -0.2) is 0 Å². The molecule has 5 heteroatoms. The first kappa shape index (κ1) is 13.5. The Hall–Kier alpha value is -0.545. The van der Waals surface area contributed by atoms with Crippen LogP contribution in [0.3, 0.4) is 0 Å². The third-order valence-electron chi connectivity index (χ3n) is 3.42. The molecule has 1 heterocycles. The number of rotatable bonds is 4. The summed E-state index contributed by atoms with van der Waals surface area (Å²) < 4.78 is 11.7. The first-order valence-electron chi connectivity index (χ1n) is 5.85. The molecule has 0 bridgehead atoms. The predicted molar refractivity (Wildman–Crippen MR) is 64.2 cm³/mol. The molecule has 0 unspecified atom stereocenters. The van der Waals surface area contributed by atoms with Crippen molar-refractivity contribution in [1.29, 1.82) is 0 Å². The Morgan fingerprint density at radius 3 is 2.12 bits per heavy atom. The Balaban J connectivity index is 2.34. The summed E-state index contributed by atoms with van der Waals surface area (Å²) in [6.07, 6.45) is 2.08. The van der Waals surface area contributed by atoms with Gasteiger partial charge in [0.05, 0.1) is 11.2 Å². The second kappa shape index (κ2) is 4.76. The molecule has 0 atom stereocenters. The molecule has 1 fully saturated rings. The minimum absolute atomic E-state index is 0.0662. The predicted octanol–water partition coefficient (Wildman–Crippen LogP) is 1.60. The van der Waals surface area contributed by atoms with E-state index in [9.17, 15) is 4.79 Å². The van der Waals surface area contributed by atoms with Crippen molar-refractivity contribution in [2.24, 2.45) is 0 Å². The zero-order valence-electron chi connectivity index (χ0n) is 10.9. The van der Waals surface area contributed by atoms with Crippen molar-refractivity contribution in [3.05, 3.63) is 0 Å². The fourth-order valence-electron chi connectivity index (χ4n) is 1.64. The molecule has 0 aromatic rings. The van der Waals surface area contributed by atoms with E-state index in [0.717, 1.165) is 12.7 Å². The van der Waals surface area contributed by atoms with E-state index in [1.807, 2.05) is 27.7 Å². The Morgan fingerprint density at radius 1 is 1.19 bits per heavy atom. The minimum Gasteiger partial charge on any atom is -0.403 e. The third-order valence-corrected chi connectivity index (χ3v) is 3.42. The van der Waals surface area contributed by atoms with Crippen molar-refractivity contribution in [2.75, 3.05) is 7.05 Å². The van der Waals surface area contributed by atoms with E-state index in [2.05, 4.69) is 5.32 Å². The molecule has 1 aliphatic rings. The molecular formula is C11H22BNO3. The highest BCUT2D eigenvalue weighted by Gasteiger charge is 2.50. The number of hydrogen-bond donors (Lipinski definition) is 1. The van der Waals surface area contributed by atoms with Crippen molar-refractivity contribution in [3.63, 3.8) is 0 Å². The fraction of sp³-hybridized carbons (Fsp3) is 0.909. The van der Waals surface area contributed by atoms with Gasteiger partial charge in [-0.15, -0.1) is 0 Å². The highest BCUT2D eigenvalue weighted by atomic mass is 16.7. The standard InChI is InChI=1S/C11H22BNO3/c1-10(2)11(3,4)16-12(15-10)8-6-7-9(14)13-5/h6-8H2,1-5H3,(H,13,14). The van der Waals surface area contributed by atoms with E-state index in [-0.39, 0.29) is 24.2 Å². The molecule has 1 amide bonds. The van der Waals surface area contributed by atoms with Crippen LogP contribution in [0.2, 0.25) is 6.32 Å². The molecule has 0 saturated carbocycles. The summed E-state index contributed by atoms with van der Waals surface area (Å²) in [5, 5.41) is 2.60. The normalized spacial score (nSPS) is 22.2. The van der Waals surface area contributed by atoms with Crippen LogP contribution >= 0.6 is 0 Å². The molecule has 1 rings (SSSR count). The summed E-state index contributed by atoms with van der Waals surface area (Å²) in [4.78, 5) is 11.0. The van der Waals surface area contributed by atoms with Crippen LogP contribution < -0.4 is 5.32 Å². The Morgan fingerprint density at radius 2 is 1.69 bits per heavy atom. The van der Waals surface area contributed by atoms with Gasteiger partial charge < -0.3 is 14.6 Å². The number of nitrogens with one attached hydrogen (secondary N) is 1. The maximum absolute atomic E-state index is 11.0. The lowest BCUT2D eigenvalue weighted by molar-refractivity contribution is -0.120. The monoisotopic (exact) mass is 227 g/mol. The Bertz CT molecular complexity index is 250. The van der Waals surface area contributed by atoms with Crippen LogP contribution in [0, 0.1) is 0 Å². The van der Waals surface area contributed by atoms with E-state index in [1.165, 1.54) is 0 Å². The maximum atomic E-state index is 11.0. The molecule has 1 saturated heterocycles.